The molecule has 1 heterocycles. The van der Waals surface area contributed by atoms with Crippen molar-refractivity contribution in [1.29, 1.82) is 0 Å². The molecule has 5 heteroatoms. The van der Waals surface area contributed by atoms with Gasteiger partial charge in [0.25, 0.3) is 5.91 Å². The van der Waals surface area contributed by atoms with Crippen molar-refractivity contribution in [3.05, 3.63) is 83.7 Å². The molecule has 0 unspecified atom stereocenters. The van der Waals surface area contributed by atoms with E-state index in [1.807, 2.05) is 69.3 Å². The zero-order valence-electron chi connectivity index (χ0n) is 16.4. The number of hydrogen-bond donors (Lipinski definition) is 2. The van der Waals surface area contributed by atoms with Gasteiger partial charge < -0.3 is 15.4 Å². The number of rotatable bonds is 7. The van der Waals surface area contributed by atoms with Crippen LogP contribution >= 0.6 is 0 Å². The molecule has 0 radical (unpaired) electrons. The molecule has 0 aliphatic heterocycles. The van der Waals surface area contributed by atoms with Crippen molar-refractivity contribution in [1.82, 2.24) is 10.3 Å². The molecular formula is C23H25N3O2. The van der Waals surface area contributed by atoms with Crippen molar-refractivity contribution < 1.29 is 9.53 Å². The summed E-state index contributed by atoms with van der Waals surface area (Å²) >= 11 is 0. The zero-order valence-corrected chi connectivity index (χ0v) is 16.4. The van der Waals surface area contributed by atoms with Gasteiger partial charge in [0.05, 0.1) is 11.8 Å². The molecule has 0 bridgehead atoms. The van der Waals surface area contributed by atoms with Crippen molar-refractivity contribution >= 4 is 17.3 Å². The van der Waals surface area contributed by atoms with Crippen LogP contribution in [0.1, 0.15) is 35.5 Å². The highest BCUT2D eigenvalue weighted by molar-refractivity contribution is 5.93. The van der Waals surface area contributed by atoms with Gasteiger partial charge in [0.2, 0.25) is 0 Å². The van der Waals surface area contributed by atoms with Gasteiger partial charge in [0.15, 0.2) is 0 Å². The van der Waals surface area contributed by atoms with Crippen molar-refractivity contribution in [2.24, 2.45) is 0 Å². The number of nitrogens with zero attached hydrogens (tertiary/aromatic N) is 1. The minimum Gasteiger partial charge on any atom is -0.489 e. The van der Waals surface area contributed by atoms with E-state index in [0.29, 0.717) is 12.2 Å². The first-order valence-corrected chi connectivity index (χ1v) is 9.34. The van der Waals surface area contributed by atoms with Crippen LogP contribution in [0, 0.1) is 6.92 Å². The summed E-state index contributed by atoms with van der Waals surface area (Å²) in [5.41, 5.74) is 4.20. The molecule has 0 fully saturated rings. The third kappa shape index (κ3) is 5.33. The molecule has 3 rings (SSSR count). The number of aromatic nitrogens is 1. The highest BCUT2D eigenvalue weighted by atomic mass is 16.5. The summed E-state index contributed by atoms with van der Waals surface area (Å²) in [5, 5.41) is 6.23. The molecule has 3 aromatic rings. The molecule has 5 nitrogen and oxygen atoms in total. The number of ether oxygens (including phenoxy) is 1. The molecular weight excluding hydrogens is 350 g/mol. The number of nitrogens with one attached hydrogen (secondary N) is 2. The fourth-order valence-corrected chi connectivity index (χ4v) is 2.81. The van der Waals surface area contributed by atoms with Crippen LogP contribution in [0.15, 0.2) is 66.9 Å². The number of para-hydroxylation sites is 2. The first-order chi connectivity index (χ1) is 13.5. The minimum absolute atomic E-state index is 0.0725. The van der Waals surface area contributed by atoms with Crippen LogP contribution in [0.2, 0.25) is 0 Å². The molecule has 0 aliphatic rings. The van der Waals surface area contributed by atoms with Crippen LogP contribution in [0.3, 0.4) is 0 Å². The van der Waals surface area contributed by atoms with E-state index in [0.717, 1.165) is 22.7 Å². The molecule has 0 spiro atoms. The smallest absolute Gasteiger partial charge is 0.270 e. The molecule has 0 aliphatic carbocycles. The third-order valence-electron chi connectivity index (χ3n) is 4.06. The summed E-state index contributed by atoms with van der Waals surface area (Å²) in [6.07, 6.45) is 1.69. The number of benzene rings is 2. The number of pyridine rings is 1. The Labute approximate surface area is 165 Å². The van der Waals surface area contributed by atoms with E-state index in [2.05, 4.69) is 21.7 Å². The fraction of sp³-hybridized carbons (Fsp3) is 0.217. The second kappa shape index (κ2) is 9.04. The van der Waals surface area contributed by atoms with Crippen molar-refractivity contribution in [3.8, 4) is 5.75 Å². The maximum Gasteiger partial charge on any atom is 0.270 e. The molecule has 0 saturated carbocycles. The maximum absolute atomic E-state index is 12.5. The second-order valence-corrected chi connectivity index (χ2v) is 6.89. The lowest BCUT2D eigenvalue weighted by Gasteiger charge is -2.15. The topological polar surface area (TPSA) is 63.2 Å². The molecule has 2 aromatic carbocycles. The Morgan fingerprint density at radius 2 is 1.89 bits per heavy atom. The van der Waals surface area contributed by atoms with Gasteiger partial charge in [0, 0.05) is 18.4 Å². The second-order valence-electron chi connectivity index (χ2n) is 6.89. The quantitative estimate of drug-likeness (QED) is 0.620. The van der Waals surface area contributed by atoms with Gasteiger partial charge in [0.1, 0.15) is 11.4 Å². The van der Waals surface area contributed by atoms with E-state index in [1.165, 1.54) is 5.56 Å². The van der Waals surface area contributed by atoms with Crippen molar-refractivity contribution in [2.75, 3.05) is 5.32 Å². The van der Waals surface area contributed by atoms with E-state index in [1.54, 1.807) is 12.3 Å². The Kier molecular flexibility index (Phi) is 6.27. The molecule has 0 atom stereocenters. The van der Waals surface area contributed by atoms with E-state index < -0.39 is 0 Å². The molecule has 28 heavy (non-hydrogen) atoms. The normalized spacial score (nSPS) is 10.6. The lowest BCUT2D eigenvalue weighted by atomic mass is 10.1. The highest BCUT2D eigenvalue weighted by Gasteiger charge is 2.10. The van der Waals surface area contributed by atoms with Gasteiger partial charge in [-0.2, -0.15) is 0 Å². The Balaban J connectivity index is 1.69. The lowest BCUT2D eigenvalue weighted by Crippen LogP contribution is -2.23. The molecule has 1 aromatic heterocycles. The predicted molar refractivity (Wildman–Crippen MR) is 112 cm³/mol. The average Bonchev–Trinajstić information content (AvgIpc) is 2.67. The Morgan fingerprint density at radius 1 is 1.07 bits per heavy atom. The predicted octanol–water partition coefficient (Wildman–Crippen LogP) is 4.85. The van der Waals surface area contributed by atoms with Gasteiger partial charge >= 0.3 is 0 Å². The lowest BCUT2D eigenvalue weighted by molar-refractivity contribution is 0.0946. The molecule has 2 N–H and O–H groups in total. The van der Waals surface area contributed by atoms with Crippen LogP contribution in [0.25, 0.3) is 0 Å². The summed E-state index contributed by atoms with van der Waals surface area (Å²) in [5.74, 6) is 0.552. The largest absolute Gasteiger partial charge is 0.489 e. The summed E-state index contributed by atoms with van der Waals surface area (Å²) in [6, 6.07) is 19.3. The number of carbonyl (C=O) groups is 1. The van der Waals surface area contributed by atoms with Gasteiger partial charge in [-0.05, 0) is 50.6 Å². The van der Waals surface area contributed by atoms with Crippen LogP contribution in [-0.2, 0) is 6.54 Å². The first-order valence-electron chi connectivity index (χ1n) is 9.34. The van der Waals surface area contributed by atoms with Crippen LogP contribution in [-0.4, -0.2) is 17.0 Å². The molecule has 1 amide bonds. The van der Waals surface area contributed by atoms with Gasteiger partial charge in [-0.25, -0.2) is 0 Å². The first kappa shape index (κ1) is 19.4. The van der Waals surface area contributed by atoms with Gasteiger partial charge in [-0.15, -0.1) is 0 Å². The number of amides is 1. The number of carbonyl (C=O) groups excluding carboxylic acids is 1. The summed E-state index contributed by atoms with van der Waals surface area (Å²) in [4.78, 5) is 16.7. The Hall–Kier alpha value is -3.34. The monoisotopic (exact) mass is 375 g/mol. The van der Waals surface area contributed by atoms with E-state index in [-0.39, 0.29) is 12.0 Å². The maximum atomic E-state index is 12.5. The zero-order chi connectivity index (χ0) is 19.9. The highest BCUT2D eigenvalue weighted by Crippen LogP contribution is 2.28. The summed E-state index contributed by atoms with van der Waals surface area (Å²) in [7, 11) is 0. The standard InChI is InChI=1S/C23H25N3O2/c1-16(2)28-22-10-5-4-9-20(22)26-19-11-12-24-21(14-19)23(27)25-15-18-8-6-7-17(3)13-18/h4-14,16H,15H2,1-3H3,(H,24,26)(H,25,27). The fourth-order valence-electron chi connectivity index (χ4n) is 2.81. The minimum atomic E-state index is -0.211. The molecule has 144 valence electrons. The van der Waals surface area contributed by atoms with Crippen molar-refractivity contribution in [2.45, 2.75) is 33.4 Å². The Morgan fingerprint density at radius 3 is 2.68 bits per heavy atom. The van der Waals surface area contributed by atoms with E-state index in [9.17, 15) is 4.79 Å². The Bertz CT molecular complexity index is 954. The molecule has 0 saturated heterocycles. The SMILES string of the molecule is Cc1cccc(CNC(=O)c2cc(Nc3ccccc3OC(C)C)ccn2)c1. The van der Waals surface area contributed by atoms with E-state index >= 15 is 0 Å². The van der Waals surface area contributed by atoms with E-state index in [4.69, 9.17) is 4.74 Å². The van der Waals surface area contributed by atoms with Crippen LogP contribution in [0.5, 0.6) is 5.75 Å². The van der Waals surface area contributed by atoms with Gasteiger partial charge in [-0.3, -0.25) is 9.78 Å². The van der Waals surface area contributed by atoms with Crippen LogP contribution < -0.4 is 15.4 Å². The van der Waals surface area contributed by atoms with Crippen molar-refractivity contribution in [3.63, 3.8) is 0 Å². The third-order valence-corrected chi connectivity index (χ3v) is 4.06. The number of aryl methyl sites for hydroxylation is 1. The number of anilines is 2. The average molecular weight is 375 g/mol. The summed E-state index contributed by atoms with van der Waals surface area (Å²) < 4.78 is 5.84. The summed E-state index contributed by atoms with van der Waals surface area (Å²) in [6.45, 7) is 6.47. The van der Waals surface area contributed by atoms with Crippen LogP contribution in [0.4, 0.5) is 11.4 Å². The number of hydrogen-bond acceptors (Lipinski definition) is 4. The van der Waals surface area contributed by atoms with Gasteiger partial charge in [-0.1, -0.05) is 42.0 Å².